The van der Waals surface area contributed by atoms with Gasteiger partial charge in [-0.1, -0.05) is 84.9 Å². The summed E-state index contributed by atoms with van der Waals surface area (Å²) in [4.78, 5) is 20.8. The molecule has 39 heavy (non-hydrogen) atoms. The zero-order chi connectivity index (χ0) is 26.6. The van der Waals surface area contributed by atoms with Crippen LogP contribution in [0.1, 0.15) is 11.1 Å². The van der Waals surface area contributed by atoms with E-state index in [0.29, 0.717) is 21.4 Å². The maximum Gasteiger partial charge on any atom is 0.271 e. The lowest BCUT2D eigenvalue weighted by molar-refractivity contribution is -0.113. The summed E-state index contributed by atoms with van der Waals surface area (Å²) >= 11 is 1.32. The van der Waals surface area contributed by atoms with Crippen LogP contribution in [0, 0.1) is 5.82 Å². The molecule has 0 spiro atoms. The molecule has 190 valence electrons. The van der Waals surface area contributed by atoms with Gasteiger partial charge in [0, 0.05) is 11.1 Å². The zero-order valence-corrected chi connectivity index (χ0v) is 21.6. The number of amides is 1. The van der Waals surface area contributed by atoms with Gasteiger partial charge in [-0.25, -0.2) is 9.38 Å². The Morgan fingerprint density at radius 1 is 0.795 bits per heavy atom. The molecule has 0 aromatic heterocycles. The lowest BCUT2D eigenvalue weighted by Gasteiger charge is -2.15. The molecule has 1 saturated heterocycles. The van der Waals surface area contributed by atoms with Crippen molar-refractivity contribution in [2.45, 2.75) is 6.61 Å². The fourth-order valence-electron chi connectivity index (χ4n) is 4.42. The van der Waals surface area contributed by atoms with Crippen LogP contribution in [0.25, 0.3) is 16.8 Å². The van der Waals surface area contributed by atoms with Gasteiger partial charge >= 0.3 is 0 Å². The molecule has 1 aliphatic rings. The first-order chi connectivity index (χ1) is 19.2. The van der Waals surface area contributed by atoms with Crippen LogP contribution in [-0.2, 0) is 11.4 Å². The first-order valence-electron chi connectivity index (χ1n) is 12.5. The Labute approximate surface area is 230 Å². The fourth-order valence-corrected chi connectivity index (χ4v) is 5.40. The van der Waals surface area contributed by atoms with Crippen LogP contribution in [0.4, 0.5) is 15.8 Å². The Hall–Kier alpha value is -4.68. The van der Waals surface area contributed by atoms with E-state index in [2.05, 4.69) is 0 Å². The number of nitrogens with zero attached hydrogens (tertiary/aromatic N) is 2. The molecule has 6 rings (SSSR count). The van der Waals surface area contributed by atoms with Gasteiger partial charge in [0.1, 0.15) is 18.2 Å². The summed E-state index contributed by atoms with van der Waals surface area (Å²) in [6, 6.07) is 37.4. The minimum absolute atomic E-state index is 0.0686. The van der Waals surface area contributed by atoms with Crippen molar-refractivity contribution in [3.63, 3.8) is 0 Å². The average Bonchev–Trinajstić information content (AvgIpc) is 3.28. The topological polar surface area (TPSA) is 41.9 Å². The normalized spacial score (nSPS) is 15.4. The summed E-state index contributed by atoms with van der Waals surface area (Å²) in [6.07, 6.45) is 1.86. The summed E-state index contributed by atoms with van der Waals surface area (Å²) in [5.41, 5.74) is 2.72. The third-order valence-corrected chi connectivity index (χ3v) is 7.32. The number of hydrogen-bond acceptors (Lipinski definition) is 4. The first-order valence-corrected chi connectivity index (χ1v) is 13.3. The lowest BCUT2D eigenvalue weighted by atomic mass is 10.0. The van der Waals surface area contributed by atoms with Crippen molar-refractivity contribution in [3.8, 4) is 5.75 Å². The molecule has 0 saturated carbocycles. The second kappa shape index (κ2) is 11.0. The highest BCUT2D eigenvalue weighted by atomic mass is 32.2. The van der Waals surface area contributed by atoms with E-state index in [1.165, 1.54) is 17.8 Å². The molecule has 1 amide bonds. The summed E-state index contributed by atoms with van der Waals surface area (Å²) in [5, 5.41) is 2.51. The van der Waals surface area contributed by atoms with Crippen LogP contribution in [0.3, 0.4) is 0 Å². The van der Waals surface area contributed by atoms with Gasteiger partial charge in [0.15, 0.2) is 5.17 Å². The minimum atomic E-state index is -0.319. The van der Waals surface area contributed by atoms with Crippen molar-refractivity contribution in [1.29, 1.82) is 0 Å². The van der Waals surface area contributed by atoms with Crippen LogP contribution >= 0.6 is 11.8 Å². The quantitative estimate of drug-likeness (QED) is 0.207. The second-order valence-electron chi connectivity index (χ2n) is 8.90. The Morgan fingerprint density at radius 3 is 2.28 bits per heavy atom. The number of amidine groups is 1. The molecule has 0 aliphatic carbocycles. The Morgan fingerprint density at radius 2 is 1.49 bits per heavy atom. The lowest BCUT2D eigenvalue weighted by Crippen LogP contribution is -2.28. The van der Waals surface area contributed by atoms with E-state index in [1.54, 1.807) is 23.1 Å². The van der Waals surface area contributed by atoms with Gasteiger partial charge in [-0.15, -0.1) is 0 Å². The Bertz CT molecular complexity index is 1720. The maximum absolute atomic E-state index is 14.3. The van der Waals surface area contributed by atoms with E-state index >= 15 is 0 Å². The molecule has 0 atom stereocenters. The molecule has 1 aliphatic heterocycles. The SMILES string of the molecule is O=C1/C(=C\c2c(OCc3ccccc3F)ccc3ccccc23)SC(=Nc2ccccc2)N1c1ccccc1. The van der Waals surface area contributed by atoms with Gasteiger partial charge in [0.2, 0.25) is 0 Å². The Kier molecular flexibility index (Phi) is 6.93. The van der Waals surface area contributed by atoms with E-state index in [9.17, 15) is 9.18 Å². The first kappa shape index (κ1) is 24.6. The summed E-state index contributed by atoms with van der Waals surface area (Å²) < 4.78 is 20.4. The van der Waals surface area contributed by atoms with Crippen molar-refractivity contribution in [2.75, 3.05) is 4.90 Å². The molecule has 1 fully saturated rings. The standard InChI is InChI=1S/C33H23FN2O2S/c34-29-18-10-8-12-24(29)22-38-30-20-19-23-11-7-9-17-27(23)28(30)21-31-32(37)36(26-15-5-2-6-16-26)33(39-31)35-25-13-3-1-4-14-25/h1-21H,22H2/b31-21+,35-33?. The van der Waals surface area contributed by atoms with Crippen LogP contribution in [-0.4, -0.2) is 11.1 Å². The Balaban J connectivity index is 1.44. The van der Waals surface area contributed by atoms with Gasteiger partial charge in [-0.2, -0.15) is 0 Å². The molecular weight excluding hydrogens is 507 g/mol. The zero-order valence-electron chi connectivity index (χ0n) is 20.8. The molecule has 4 nitrogen and oxygen atoms in total. The van der Waals surface area contributed by atoms with Crippen LogP contribution in [0.5, 0.6) is 5.75 Å². The number of ether oxygens (including phenoxy) is 1. The highest BCUT2D eigenvalue weighted by Crippen LogP contribution is 2.40. The predicted molar refractivity (Wildman–Crippen MR) is 158 cm³/mol. The van der Waals surface area contributed by atoms with E-state index in [0.717, 1.165) is 27.7 Å². The predicted octanol–water partition coefficient (Wildman–Crippen LogP) is 8.37. The summed E-state index contributed by atoms with van der Waals surface area (Å²) in [6.45, 7) is 0.0686. The highest BCUT2D eigenvalue weighted by molar-refractivity contribution is 8.19. The van der Waals surface area contributed by atoms with Gasteiger partial charge in [-0.05, 0) is 65.0 Å². The number of benzene rings is 5. The smallest absolute Gasteiger partial charge is 0.271 e. The summed E-state index contributed by atoms with van der Waals surface area (Å²) in [5.74, 6) is 0.0754. The molecule has 0 N–H and O–H groups in total. The van der Waals surface area contributed by atoms with Crippen LogP contribution < -0.4 is 9.64 Å². The summed E-state index contributed by atoms with van der Waals surface area (Å²) in [7, 11) is 0. The molecule has 1 heterocycles. The molecule has 0 bridgehead atoms. The van der Waals surface area contributed by atoms with Crippen molar-refractivity contribution < 1.29 is 13.9 Å². The maximum atomic E-state index is 14.3. The number of rotatable bonds is 6. The van der Waals surface area contributed by atoms with Gasteiger partial charge < -0.3 is 4.74 Å². The molecule has 0 radical (unpaired) electrons. The third-order valence-electron chi connectivity index (χ3n) is 6.35. The van der Waals surface area contributed by atoms with E-state index in [-0.39, 0.29) is 18.3 Å². The molecule has 0 unspecified atom stereocenters. The average molecular weight is 531 g/mol. The number of thioether (sulfide) groups is 1. The number of halogens is 1. The van der Waals surface area contributed by atoms with E-state index in [1.807, 2.05) is 103 Å². The van der Waals surface area contributed by atoms with E-state index in [4.69, 9.17) is 9.73 Å². The highest BCUT2D eigenvalue weighted by Gasteiger charge is 2.35. The van der Waals surface area contributed by atoms with Crippen molar-refractivity contribution in [1.82, 2.24) is 0 Å². The third kappa shape index (κ3) is 5.19. The number of carbonyl (C=O) groups is 1. The van der Waals surface area contributed by atoms with Crippen LogP contribution in [0.2, 0.25) is 0 Å². The molecular formula is C33H23FN2O2S. The second-order valence-corrected chi connectivity index (χ2v) is 9.90. The van der Waals surface area contributed by atoms with Crippen molar-refractivity contribution in [2.24, 2.45) is 4.99 Å². The largest absolute Gasteiger partial charge is 0.488 e. The molecule has 5 aromatic carbocycles. The molecule has 6 heteroatoms. The van der Waals surface area contributed by atoms with Crippen molar-refractivity contribution in [3.05, 3.63) is 143 Å². The fraction of sp³-hybridized carbons (Fsp3) is 0.0303. The number of para-hydroxylation sites is 2. The number of hydrogen-bond donors (Lipinski definition) is 0. The minimum Gasteiger partial charge on any atom is -0.488 e. The monoisotopic (exact) mass is 530 g/mol. The van der Waals surface area contributed by atoms with Gasteiger partial charge in [0.25, 0.3) is 5.91 Å². The molecule has 5 aromatic rings. The number of aliphatic imine (C=N–C) groups is 1. The van der Waals surface area contributed by atoms with Crippen LogP contribution in [0.15, 0.2) is 131 Å². The van der Waals surface area contributed by atoms with E-state index < -0.39 is 0 Å². The van der Waals surface area contributed by atoms with Gasteiger partial charge in [-0.3, -0.25) is 9.69 Å². The van der Waals surface area contributed by atoms with Crippen molar-refractivity contribution >= 4 is 51.1 Å². The van der Waals surface area contributed by atoms with Gasteiger partial charge in [0.05, 0.1) is 16.3 Å². The number of carbonyl (C=O) groups excluding carboxylic acids is 1. The number of fused-ring (bicyclic) bond motifs is 1. The number of anilines is 1.